The van der Waals surface area contributed by atoms with Crippen LogP contribution in [0.4, 0.5) is 31.9 Å². The summed E-state index contributed by atoms with van der Waals surface area (Å²) in [4.78, 5) is 20.5. The minimum atomic E-state index is -4.42. The molecule has 0 spiro atoms. The van der Waals surface area contributed by atoms with Gasteiger partial charge in [0.25, 0.3) is 0 Å². The number of aryl methyl sites for hydroxylation is 1. The Kier molecular flexibility index (Phi) is 8.41. The number of ether oxygens (including phenoxy) is 1. The van der Waals surface area contributed by atoms with Gasteiger partial charge in [0.05, 0.1) is 26.6 Å². The van der Waals surface area contributed by atoms with Gasteiger partial charge in [-0.1, -0.05) is 12.1 Å². The van der Waals surface area contributed by atoms with E-state index in [1.165, 1.54) is 39.2 Å². The monoisotopic (exact) mass is 619 g/mol. The van der Waals surface area contributed by atoms with Crippen LogP contribution in [-0.4, -0.2) is 54.7 Å². The predicted molar refractivity (Wildman–Crippen MR) is 153 cm³/mol. The van der Waals surface area contributed by atoms with Gasteiger partial charge < -0.3 is 15.0 Å². The first-order valence-corrected chi connectivity index (χ1v) is 14.5. The molecule has 0 amide bonds. The molecular formula is C26H27F2N7O5S2. The molecule has 0 fully saturated rings. The first-order valence-electron chi connectivity index (χ1n) is 12.2. The van der Waals surface area contributed by atoms with E-state index in [9.17, 15) is 22.9 Å². The lowest BCUT2D eigenvalue weighted by atomic mass is 10.0. The molecule has 12 nitrogen and oxygen atoms in total. The standard InChI is InChI=1S/C26H27F2N7O5S2/c1-14-12-20(33-32-14)29-23-22(40-6)24(34(4)5)31-25(30-23)41-19-11-10-15(13-17(19)27)42(38,39)26(2,3)16-8-7-9-18(21(16)28)35(36)37/h7-13H,1-6H3,(H2,29,30,31,32,33). The summed E-state index contributed by atoms with van der Waals surface area (Å²) < 4.78 is 61.0. The third-order valence-corrected chi connectivity index (χ3v) is 9.67. The molecule has 0 atom stereocenters. The van der Waals surface area contributed by atoms with E-state index < -0.39 is 47.3 Å². The Balaban J connectivity index is 1.70. The van der Waals surface area contributed by atoms with Crippen LogP contribution in [0.5, 0.6) is 5.75 Å². The number of methoxy groups -OCH3 is 1. The molecule has 2 heterocycles. The molecule has 4 aromatic rings. The highest BCUT2D eigenvalue weighted by molar-refractivity contribution is 7.99. The number of rotatable bonds is 10. The highest BCUT2D eigenvalue weighted by atomic mass is 32.2. The first kappa shape index (κ1) is 30.6. The van der Waals surface area contributed by atoms with E-state index in [0.717, 1.165) is 35.7 Å². The van der Waals surface area contributed by atoms with Crippen molar-refractivity contribution in [2.45, 2.75) is 40.5 Å². The molecule has 0 saturated carbocycles. The molecule has 2 N–H and O–H groups in total. The molecule has 2 aromatic carbocycles. The molecule has 0 radical (unpaired) electrons. The topological polar surface area (TPSA) is 156 Å². The van der Waals surface area contributed by atoms with Crippen LogP contribution < -0.4 is 15.0 Å². The van der Waals surface area contributed by atoms with Crippen molar-refractivity contribution in [3.8, 4) is 5.75 Å². The maximum atomic E-state index is 15.4. The number of nitrogens with zero attached hydrogens (tertiary/aromatic N) is 5. The number of sulfone groups is 1. The Labute approximate surface area is 244 Å². The van der Waals surface area contributed by atoms with Crippen LogP contribution in [0, 0.1) is 28.7 Å². The second-order valence-electron chi connectivity index (χ2n) is 9.77. The van der Waals surface area contributed by atoms with Gasteiger partial charge in [0, 0.05) is 37.5 Å². The smallest absolute Gasteiger partial charge is 0.305 e. The minimum absolute atomic E-state index is 0.0183. The fourth-order valence-electron chi connectivity index (χ4n) is 4.04. The zero-order valence-electron chi connectivity index (χ0n) is 23.4. The third-order valence-electron chi connectivity index (χ3n) is 6.32. The van der Waals surface area contributed by atoms with Gasteiger partial charge >= 0.3 is 5.69 Å². The lowest BCUT2D eigenvalue weighted by Gasteiger charge is -2.26. The largest absolute Gasteiger partial charge is 0.490 e. The molecule has 42 heavy (non-hydrogen) atoms. The lowest BCUT2D eigenvalue weighted by Crippen LogP contribution is -2.30. The molecule has 0 aliphatic carbocycles. The van der Waals surface area contributed by atoms with Crippen LogP contribution in [0.15, 0.2) is 57.4 Å². The number of nitro benzene ring substituents is 1. The summed E-state index contributed by atoms with van der Waals surface area (Å²) in [5.41, 5.74) is -0.464. The predicted octanol–water partition coefficient (Wildman–Crippen LogP) is 5.37. The normalized spacial score (nSPS) is 11.8. The number of H-pyrrole nitrogens is 1. The highest BCUT2D eigenvalue weighted by Gasteiger charge is 2.41. The summed E-state index contributed by atoms with van der Waals surface area (Å²) in [6, 6.07) is 8.29. The molecule has 0 saturated heterocycles. The van der Waals surface area contributed by atoms with E-state index in [-0.39, 0.29) is 15.9 Å². The van der Waals surface area contributed by atoms with Crippen molar-refractivity contribution in [2.24, 2.45) is 0 Å². The van der Waals surface area contributed by atoms with E-state index >= 15 is 4.39 Å². The molecule has 16 heteroatoms. The van der Waals surface area contributed by atoms with Crippen molar-refractivity contribution < 1.29 is 26.9 Å². The maximum Gasteiger partial charge on any atom is 0.305 e. The Morgan fingerprint density at radius 2 is 1.86 bits per heavy atom. The van der Waals surface area contributed by atoms with Crippen LogP contribution in [0.3, 0.4) is 0 Å². The van der Waals surface area contributed by atoms with E-state index in [4.69, 9.17) is 4.74 Å². The molecule has 0 unspecified atom stereocenters. The SMILES string of the molecule is COc1c(Nc2cc(C)[nH]n2)nc(Sc2ccc(S(=O)(=O)C(C)(C)c3cccc([N+](=O)[O-])c3F)cc2F)nc1N(C)C. The molecule has 2 aromatic heterocycles. The zero-order valence-corrected chi connectivity index (χ0v) is 25.0. The summed E-state index contributed by atoms with van der Waals surface area (Å²) in [5, 5.41) is 21.3. The molecule has 0 aliphatic heterocycles. The second-order valence-corrected chi connectivity index (χ2v) is 13.3. The van der Waals surface area contributed by atoms with E-state index in [2.05, 4.69) is 25.5 Å². The van der Waals surface area contributed by atoms with E-state index in [1.807, 2.05) is 6.92 Å². The van der Waals surface area contributed by atoms with Crippen LogP contribution in [-0.2, 0) is 14.6 Å². The Hall–Kier alpha value is -4.31. The van der Waals surface area contributed by atoms with Crippen LogP contribution in [0.2, 0.25) is 0 Å². The van der Waals surface area contributed by atoms with Crippen molar-refractivity contribution in [1.29, 1.82) is 0 Å². The van der Waals surface area contributed by atoms with Gasteiger partial charge in [0.15, 0.2) is 32.4 Å². The fourth-order valence-corrected chi connectivity index (χ4v) is 6.34. The third kappa shape index (κ3) is 5.72. The number of aromatic amines is 1. The number of aromatic nitrogens is 4. The Bertz CT molecular complexity index is 1780. The number of anilines is 3. The number of halogens is 2. The summed E-state index contributed by atoms with van der Waals surface area (Å²) in [6.07, 6.45) is 0. The zero-order chi connectivity index (χ0) is 31.0. The first-order chi connectivity index (χ1) is 19.7. The average molecular weight is 620 g/mol. The quantitative estimate of drug-likeness (QED) is 0.134. The van der Waals surface area contributed by atoms with Gasteiger partial charge in [-0.25, -0.2) is 22.8 Å². The lowest BCUT2D eigenvalue weighted by molar-refractivity contribution is -0.387. The second kappa shape index (κ2) is 11.5. The minimum Gasteiger partial charge on any atom is -0.490 e. The van der Waals surface area contributed by atoms with Crippen molar-refractivity contribution in [2.75, 3.05) is 31.4 Å². The van der Waals surface area contributed by atoms with Gasteiger partial charge in [-0.2, -0.15) is 9.49 Å². The van der Waals surface area contributed by atoms with Crippen molar-refractivity contribution >= 4 is 44.7 Å². The van der Waals surface area contributed by atoms with Crippen LogP contribution in [0.1, 0.15) is 25.1 Å². The number of nitro groups is 1. The summed E-state index contributed by atoms with van der Waals surface area (Å²) >= 11 is 0.848. The van der Waals surface area contributed by atoms with Gasteiger partial charge in [-0.05, 0) is 50.7 Å². The Morgan fingerprint density at radius 3 is 2.43 bits per heavy atom. The summed E-state index contributed by atoms with van der Waals surface area (Å²) in [5.74, 6) is -0.710. The number of nitrogens with one attached hydrogen (secondary N) is 2. The van der Waals surface area contributed by atoms with Gasteiger partial charge in [0.2, 0.25) is 11.6 Å². The van der Waals surface area contributed by atoms with Crippen molar-refractivity contribution in [3.63, 3.8) is 0 Å². The molecular weight excluding hydrogens is 592 g/mol. The van der Waals surface area contributed by atoms with Crippen LogP contribution in [0.25, 0.3) is 0 Å². The van der Waals surface area contributed by atoms with Crippen molar-refractivity contribution in [3.05, 3.63) is 75.5 Å². The maximum absolute atomic E-state index is 15.4. The number of hydrogen-bond acceptors (Lipinski definition) is 11. The Morgan fingerprint density at radius 1 is 1.14 bits per heavy atom. The molecule has 222 valence electrons. The van der Waals surface area contributed by atoms with E-state index in [1.54, 1.807) is 25.1 Å². The molecule has 0 bridgehead atoms. The fraction of sp³-hybridized carbons (Fsp3) is 0.269. The number of benzene rings is 2. The summed E-state index contributed by atoms with van der Waals surface area (Å²) in [6.45, 7) is 4.23. The molecule has 0 aliphatic rings. The van der Waals surface area contributed by atoms with E-state index in [0.29, 0.717) is 17.4 Å². The highest BCUT2D eigenvalue weighted by Crippen LogP contribution is 2.41. The van der Waals surface area contributed by atoms with Gasteiger partial charge in [0.1, 0.15) is 5.82 Å². The van der Waals surface area contributed by atoms with Crippen molar-refractivity contribution in [1.82, 2.24) is 20.2 Å². The van der Waals surface area contributed by atoms with Crippen LogP contribution >= 0.6 is 11.8 Å². The summed E-state index contributed by atoms with van der Waals surface area (Å²) in [7, 11) is 0.524. The number of hydrogen-bond donors (Lipinski definition) is 2. The van der Waals surface area contributed by atoms with Gasteiger partial charge in [-0.15, -0.1) is 0 Å². The average Bonchev–Trinajstić information content (AvgIpc) is 3.33. The molecule has 4 rings (SSSR count). The van der Waals surface area contributed by atoms with Gasteiger partial charge in [-0.3, -0.25) is 15.2 Å².